The van der Waals surface area contributed by atoms with Gasteiger partial charge in [-0.2, -0.15) is 0 Å². The summed E-state index contributed by atoms with van der Waals surface area (Å²) >= 11 is 3.34. The molecule has 0 aliphatic rings. The molecule has 0 aliphatic heterocycles. The minimum absolute atomic E-state index is 0.259. The second-order valence-corrected chi connectivity index (χ2v) is 4.22. The number of rotatable bonds is 1. The predicted octanol–water partition coefficient (Wildman–Crippen LogP) is 3.39. The van der Waals surface area contributed by atoms with E-state index in [4.69, 9.17) is 0 Å². The normalized spacial score (nSPS) is 10.7. The number of benzene rings is 1. The number of para-hydroxylation sites is 1. The van der Waals surface area contributed by atoms with E-state index < -0.39 is 0 Å². The van der Waals surface area contributed by atoms with Crippen molar-refractivity contribution in [3.63, 3.8) is 0 Å². The van der Waals surface area contributed by atoms with Crippen LogP contribution in [0.15, 0.2) is 28.9 Å². The Balaban J connectivity index is 2.68. The number of aryl methyl sites for hydroxylation is 2. The lowest BCUT2D eigenvalue weighted by Gasteiger charge is -2.08. The van der Waals surface area contributed by atoms with Crippen LogP contribution in [0, 0.1) is 19.7 Å². The topological polar surface area (TPSA) is 17.8 Å². The summed E-state index contributed by atoms with van der Waals surface area (Å²) in [6.07, 6.45) is 1.82. The third-order valence-electron chi connectivity index (χ3n) is 2.18. The van der Waals surface area contributed by atoms with E-state index in [-0.39, 0.29) is 5.82 Å². The molecule has 78 valence electrons. The number of hydrogen-bond acceptors (Lipinski definition) is 1. The molecule has 2 aromatic rings. The van der Waals surface area contributed by atoms with Gasteiger partial charge in [0.2, 0.25) is 0 Å². The Labute approximate surface area is 95.9 Å². The van der Waals surface area contributed by atoms with Gasteiger partial charge in [-0.25, -0.2) is 9.37 Å². The van der Waals surface area contributed by atoms with E-state index in [0.29, 0.717) is 5.69 Å². The van der Waals surface area contributed by atoms with E-state index in [9.17, 15) is 4.39 Å². The van der Waals surface area contributed by atoms with Crippen molar-refractivity contribution in [2.24, 2.45) is 0 Å². The molecule has 2 nitrogen and oxygen atoms in total. The zero-order valence-electron chi connectivity index (χ0n) is 8.46. The number of hydrogen-bond donors (Lipinski definition) is 0. The van der Waals surface area contributed by atoms with Crippen LogP contribution in [0.2, 0.25) is 0 Å². The van der Waals surface area contributed by atoms with Crippen LogP contribution in [-0.4, -0.2) is 9.55 Å². The van der Waals surface area contributed by atoms with Gasteiger partial charge in [0.05, 0.1) is 11.4 Å². The smallest absolute Gasteiger partial charge is 0.148 e. The lowest BCUT2D eigenvalue weighted by molar-refractivity contribution is 0.615. The minimum Gasteiger partial charge on any atom is -0.300 e. The molecule has 0 radical (unpaired) electrons. The molecule has 0 aliphatic carbocycles. The summed E-state index contributed by atoms with van der Waals surface area (Å²) in [5, 5.41) is 0. The maximum absolute atomic E-state index is 13.6. The molecule has 15 heavy (non-hydrogen) atoms. The summed E-state index contributed by atoms with van der Waals surface area (Å²) in [5.74, 6) is 0.517. The van der Waals surface area contributed by atoms with E-state index >= 15 is 0 Å². The molecule has 4 heteroatoms. The van der Waals surface area contributed by atoms with Crippen molar-refractivity contribution < 1.29 is 4.39 Å². The molecule has 0 atom stereocenters. The Kier molecular flexibility index (Phi) is 2.61. The Morgan fingerprint density at radius 1 is 1.33 bits per heavy atom. The van der Waals surface area contributed by atoms with Crippen molar-refractivity contribution in [3.8, 4) is 5.69 Å². The van der Waals surface area contributed by atoms with Crippen molar-refractivity contribution in [2.75, 3.05) is 0 Å². The first-order valence-corrected chi connectivity index (χ1v) is 5.36. The number of imidazole rings is 1. The Morgan fingerprint density at radius 2 is 2.07 bits per heavy atom. The molecule has 0 unspecified atom stereocenters. The van der Waals surface area contributed by atoms with Gasteiger partial charge in [-0.3, -0.25) is 4.57 Å². The highest BCUT2D eigenvalue weighted by Gasteiger charge is 2.11. The maximum atomic E-state index is 13.6. The first-order valence-electron chi connectivity index (χ1n) is 4.56. The van der Waals surface area contributed by atoms with Crippen LogP contribution in [0.25, 0.3) is 5.69 Å². The molecule has 0 bridgehead atoms. The minimum atomic E-state index is -0.259. The average Bonchev–Trinajstić information content (AvgIpc) is 2.45. The van der Waals surface area contributed by atoms with E-state index in [1.165, 1.54) is 6.07 Å². The summed E-state index contributed by atoms with van der Waals surface area (Å²) in [7, 11) is 0. The molecule has 0 fully saturated rings. The molecule has 1 aromatic heterocycles. The van der Waals surface area contributed by atoms with Gasteiger partial charge in [0.1, 0.15) is 11.6 Å². The summed E-state index contributed by atoms with van der Waals surface area (Å²) in [5.41, 5.74) is 1.39. The highest BCUT2D eigenvalue weighted by atomic mass is 79.9. The number of halogens is 2. The van der Waals surface area contributed by atoms with Crippen molar-refractivity contribution in [3.05, 3.63) is 46.2 Å². The third-order valence-corrected chi connectivity index (χ3v) is 2.82. The van der Waals surface area contributed by atoms with Gasteiger partial charge in [-0.15, -0.1) is 0 Å². The lowest BCUT2D eigenvalue weighted by atomic mass is 10.3. The van der Waals surface area contributed by atoms with Gasteiger partial charge in [0, 0.05) is 10.7 Å². The summed E-state index contributed by atoms with van der Waals surface area (Å²) < 4.78 is 16.1. The van der Waals surface area contributed by atoms with Gasteiger partial charge < -0.3 is 0 Å². The van der Waals surface area contributed by atoms with Crippen LogP contribution < -0.4 is 0 Å². The summed E-state index contributed by atoms with van der Waals surface area (Å²) in [6.45, 7) is 3.74. The van der Waals surface area contributed by atoms with Gasteiger partial charge in [0.25, 0.3) is 0 Å². The molecule has 2 rings (SSSR count). The molecule has 1 aromatic carbocycles. The fourth-order valence-corrected chi connectivity index (χ4v) is 2.10. The van der Waals surface area contributed by atoms with E-state index in [0.717, 1.165) is 16.0 Å². The first-order chi connectivity index (χ1) is 7.09. The SMILES string of the molecule is Cc1cn(-c2c(F)cccc2Br)c(C)n1. The van der Waals surface area contributed by atoms with Crippen molar-refractivity contribution >= 4 is 15.9 Å². The molecular weight excluding hydrogens is 259 g/mol. The van der Waals surface area contributed by atoms with Crippen LogP contribution in [0.4, 0.5) is 4.39 Å². The van der Waals surface area contributed by atoms with Crippen molar-refractivity contribution in [1.29, 1.82) is 0 Å². The summed E-state index contributed by atoms with van der Waals surface area (Å²) in [4.78, 5) is 4.25. The zero-order chi connectivity index (χ0) is 11.0. The van der Waals surface area contributed by atoms with Gasteiger partial charge in [0.15, 0.2) is 0 Å². The molecule has 0 saturated carbocycles. The maximum Gasteiger partial charge on any atom is 0.148 e. The molecule has 0 spiro atoms. The van der Waals surface area contributed by atoms with Crippen molar-refractivity contribution in [2.45, 2.75) is 13.8 Å². The third kappa shape index (κ3) is 1.81. The molecule has 0 saturated heterocycles. The molecule has 0 N–H and O–H groups in total. The van der Waals surface area contributed by atoms with E-state index in [1.807, 2.05) is 26.1 Å². The number of aromatic nitrogens is 2. The van der Waals surface area contributed by atoms with Crippen LogP contribution >= 0.6 is 15.9 Å². The Morgan fingerprint density at radius 3 is 2.60 bits per heavy atom. The zero-order valence-corrected chi connectivity index (χ0v) is 10.0. The fourth-order valence-electron chi connectivity index (χ4n) is 1.56. The lowest BCUT2D eigenvalue weighted by Crippen LogP contribution is -1.99. The van der Waals surface area contributed by atoms with Gasteiger partial charge in [-0.05, 0) is 41.9 Å². The standard InChI is InChI=1S/C11H10BrFN2/c1-7-6-15(8(2)14-7)11-9(12)4-3-5-10(11)13/h3-6H,1-2H3. The van der Waals surface area contributed by atoms with Crippen LogP contribution in [-0.2, 0) is 0 Å². The predicted molar refractivity (Wildman–Crippen MR) is 60.7 cm³/mol. The molecular formula is C11H10BrFN2. The fraction of sp³-hybridized carbons (Fsp3) is 0.182. The van der Waals surface area contributed by atoms with Crippen LogP contribution in [0.3, 0.4) is 0 Å². The Bertz CT molecular complexity index is 485. The first kappa shape index (κ1) is 10.4. The summed E-state index contributed by atoms with van der Waals surface area (Å²) in [6, 6.07) is 4.92. The monoisotopic (exact) mass is 268 g/mol. The Hall–Kier alpha value is -1.16. The van der Waals surface area contributed by atoms with Gasteiger partial charge in [-0.1, -0.05) is 6.07 Å². The average molecular weight is 269 g/mol. The quantitative estimate of drug-likeness (QED) is 0.775. The van der Waals surface area contributed by atoms with Gasteiger partial charge >= 0.3 is 0 Å². The van der Waals surface area contributed by atoms with Crippen molar-refractivity contribution in [1.82, 2.24) is 9.55 Å². The van der Waals surface area contributed by atoms with E-state index in [2.05, 4.69) is 20.9 Å². The molecule has 0 amide bonds. The second-order valence-electron chi connectivity index (χ2n) is 3.37. The number of nitrogens with zero attached hydrogens (tertiary/aromatic N) is 2. The van der Waals surface area contributed by atoms with Crippen LogP contribution in [0.1, 0.15) is 11.5 Å². The molecule has 1 heterocycles. The highest BCUT2D eigenvalue weighted by molar-refractivity contribution is 9.10. The second kappa shape index (κ2) is 3.77. The largest absolute Gasteiger partial charge is 0.300 e. The van der Waals surface area contributed by atoms with Crippen LogP contribution in [0.5, 0.6) is 0 Å². The highest BCUT2D eigenvalue weighted by Crippen LogP contribution is 2.25. The van der Waals surface area contributed by atoms with E-state index in [1.54, 1.807) is 10.6 Å².